The van der Waals surface area contributed by atoms with Crippen molar-refractivity contribution in [1.82, 2.24) is 10.3 Å². The van der Waals surface area contributed by atoms with Gasteiger partial charge in [0.15, 0.2) is 5.13 Å². The molecule has 2 N–H and O–H groups in total. The molecule has 0 fully saturated rings. The van der Waals surface area contributed by atoms with Gasteiger partial charge in [-0.3, -0.25) is 9.69 Å². The monoisotopic (exact) mass is 398 g/mol. The second kappa shape index (κ2) is 9.18. The van der Waals surface area contributed by atoms with Gasteiger partial charge in [-0.05, 0) is 43.3 Å². The summed E-state index contributed by atoms with van der Waals surface area (Å²) in [6, 6.07) is 14.4. The summed E-state index contributed by atoms with van der Waals surface area (Å²) in [5.41, 5.74) is 1.53. The summed E-state index contributed by atoms with van der Waals surface area (Å²) in [6.45, 7) is 2.67. The Morgan fingerprint density at radius 2 is 1.89 bits per heavy atom. The van der Waals surface area contributed by atoms with Crippen molar-refractivity contribution in [2.45, 2.75) is 13.3 Å². The van der Waals surface area contributed by atoms with E-state index < -0.39 is 0 Å². The maximum absolute atomic E-state index is 12.6. The first kappa shape index (κ1) is 19.6. The van der Waals surface area contributed by atoms with E-state index in [2.05, 4.69) is 15.6 Å². The van der Waals surface area contributed by atoms with E-state index in [1.54, 1.807) is 36.3 Å². The first-order chi connectivity index (χ1) is 13.6. The predicted molar refractivity (Wildman–Crippen MR) is 112 cm³/mol. The molecule has 3 amide bonds. The summed E-state index contributed by atoms with van der Waals surface area (Å²) in [4.78, 5) is 30.7. The molecule has 0 bridgehead atoms. The molecule has 0 saturated heterocycles. The van der Waals surface area contributed by atoms with Crippen molar-refractivity contribution < 1.29 is 14.3 Å². The van der Waals surface area contributed by atoms with E-state index in [-0.39, 0.29) is 24.9 Å². The lowest BCUT2D eigenvalue weighted by Gasteiger charge is -2.17. The van der Waals surface area contributed by atoms with Gasteiger partial charge in [-0.15, -0.1) is 0 Å². The molecule has 0 aliphatic carbocycles. The highest BCUT2D eigenvalue weighted by molar-refractivity contribution is 7.22. The number of ether oxygens (including phenoxy) is 1. The molecule has 1 aromatic heterocycles. The first-order valence-electron chi connectivity index (χ1n) is 8.95. The Bertz CT molecular complexity index is 922. The van der Waals surface area contributed by atoms with Crippen LogP contribution in [0.25, 0.3) is 10.2 Å². The summed E-state index contributed by atoms with van der Waals surface area (Å²) in [7, 11) is 1.58. The molecule has 0 unspecified atom stereocenters. The Kier molecular flexibility index (Phi) is 6.44. The number of methoxy groups -OCH3 is 1. The lowest BCUT2D eigenvalue weighted by molar-refractivity contribution is -0.118. The maximum Gasteiger partial charge on any atom is 0.319 e. The van der Waals surface area contributed by atoms with Gasteiger partial charge in [-0.2, -0.15) is 0 Å². The number of nitrogens with one attached hydrogen (secondary N) is 2. The fourth-order valence-electron chi connectivity index (χ4n) is 2.66. The van der Waals surface area contributed by atoms with E-state index in [1.165, 1.54) is 11.3 Å². The van der Waals surface area contributed by atoms with Gasteiger partial charge in [0.1, 0.15) is 5.75 Å². The minimum absolute atomic E-state index is 0.0775. The van der Waals surface area contributed by atoms with Crippen molar-refractivity contribution in [3.63, 3.8) is 0 Å². The highest BCUT2D eigenvalue weighted by Gasteiger charge is 2.17. The summed E-state index contributed by atoms with van der Waals surface area (Å²) >= 11 is 1.49. The third-order valence-electron chi connectivity index (χ3n) is 4.10. The minimum Gasteiger partial charge on any atom is -0.497 e. The fraction of sp³-hybridized carbons (Fsp3) is 0.250. The number of rotatable bonds is 7. The zero-order chi connectivity index (χ0) is 19.9. The number of aromatic nitrogens is 1. The van der Waals surface area contributed by atoms with Crippen molar-refractivity contribution in [1.29, 1.82) is 0 Å². The Hall–Kier alpha value is -3.13. The largest absolute Gasteiger partial charge is 0.497 e. The predicted octanol–water partition coefficient (Wildman–Crippen LogP) is 3.87. The summed E-state index contributed by atoms with van der Waals surface area (Å²) < 4.78 is 6.12. The number of para-hydroxylation sites is 1. The standard InChI is InChI=1S/C20H22N4O3S/c1-3-24(20-23-16-6-4-5-7-17(16)28-20)18(25)12-13-21-19(26)22-14-8-10-15(27-2)11-9-14/h4-11H,3,12-13H2,1-2H3,(H2,21,22,26). The van der Waals surface area contributed by atoms with Gasteiger partial charge in [-0.25, -0.2) is 9.78 Å². The van der Waals surface area contributed by atoms with Gasteiger partial charge in [-0.1, -0.05) is 23.5 Å². The zero-order valence-electron chi connectivity index (χ0n) is 15.8. The number of urea groups is 1. The lowest BCUT2D eigenvalue weighted by atomic mass is 10.3. The van der Waals surface area contributed by atoms with Crippen LogP contribution in [0.15, 0.2) is 48.5 Å². The number of benzene rings is 2. The highest BCUT2D eigenvalue weighted by atomic mass is 32.1. The number of hydrogen-bond donors (Lipinski definition) is 2. The topological polar surface area (TPSA) is 83.6 Å². The summed E-state index contributed by atoms with van der Waals surface area (Å²) in [6.07, 6.45) is 0.194. The van der Waals surface area contributed by atoms with E-state index in [9.17, 15) is 9.59 Å². The average molecular weight is 398 g/mol. The molecule has 0 saturated carbocycles. The SMILES string of the molecule is CCN(C(=O)CCNC(=O)Nc1ccc(OC)cc1)c1nc2ccccc2s1. The van der Waals surface area contributed by atoms with Gasteiger partial charge in [0.25, 0.3) is 0 Å². The van der Waals surface area contributed by atoms with Crippen LogP contribution in [0.2, 0.25) is 0 Å². The molecule has 3 aromatic rings. The summed E-state index contributed by atoms with van der Waals surface area (Å²) in [5.74, 6) is 0.636. The van der Waals surface area contributed by atoms with Gasteiger partial charge in [0.05, 0.1) is 17.3 Å². The molecule has 1 heterocycles. The Morgan fingerprint density at radius 1 is 1.14 bits per heavy atom. The van der Waals surface area contributed by atoms with Crippen LogP contribution < -0.4 is 20.3 Å². The van der Waals surface area contributed by atoms with Crippen LogP contribution in [0, 0.1) is 0 Å². The quantitative estimate of drug-likeness (QED) is 0.633. The molecule has 0 spiro atoms. The number of anilines is 2. The molecule has 8 heteroatoms. The number of nitrogens with zero attached hydrogens (tertiary/aromatic N) is 2. The van der Waals surface area contributed by atoms with E-state index in [1.807, 2.05) is 31.2 Å². The molecule has 0 aliphatic heterocycles. The molecule has 28 heavy (non-hydrogen) atoms. The third-order valence-corrected chi connectivity index (χ3v) is 5.16. The molecular weight excluding hydrogens is 376 g/mol. The van der Waals surface area contributed by atoms with Crippen molar-refractivity contribution in [2.24, 2.45) is 0 Å². The maximum atomic E-state index is 12.6. The van der Waals surface area contributed by atoms with Crippen molar-refractivity contribution >= 4 is 44.3 Å². The molecule has 146 valence electrons. The van der Waals surface area contributed by atoms with Gasteiger partial charge in [0.2, 0.25) is 5.91 Å². The number of thiazole rings is 1. The molecule has 2 aromatic carbocycles. The third kappa shape index (κ3) is 4.77. The smallest absolute Gasteiger partial charge is 0.319 e. The van der Waals surface area contributed by atoms with Crippen molar-refractivity contribution in [3.8, 4) is 5.75 Å². The molecule has 0 radical (unpaired) electrons. The normalized spacial score (nSPS) is 10.5. The second-order valence-electron chi connectivity index (χ2n) is 5.96. The highest BCUT2D eigenvalue weighted by Crippen LogP contribution is 2.28. The molecule has 3 rings (SSSR count). The van der Waals surface area contributed by atoms with Gasteiger partial charge >= 0.3 is 6.03 Å². The van der Waals surface area contributed by atoms with Crippen LogP contribution in [0.3, 0.4) is 0 Å². The Labute approximate surface area is 167 Å². The van der Waals surface area contributed by atoms with Gasteiger partial charge < -0.3 is 15.4 Å². The first-order valence-corrected chi connectivity index (χ1v) is 9.77. The van der Waals surface area contributed by atoms with Crippen LogP contribution in [-0.4, -0.2) is 37.1 Å². The fourth-order valence-corrected chi connectivity index (χ4v) is 3.71. The van der Waals surface area contributed by atoms with Crippen LogP contribution in [0.5, 0.6) is 5.75 Å². The molecular formula is C20H22N4O3S. The number of carbonyl (C=O) groups excluding carboxylic acids is 2. The Morgan fingerprint density at radius 3 is 2.57 bits per heavy atom. The van der Waals surface area contributed by atoms with Crippen molar-refractivity contribution in [3.05, 3.63) is 48.5 Å². The number of amides is 3. The lowest BCUT2D eigenvalue weighted by Crippen LogP contribution is -2.35. The number of hydrogen-bond acceptors (Lipinski definition) is 5. The minimum atomic E-state index is -0.360. The van der Waals surface area contributed by atoms with Gasteiger partial charge in [0, 0.05) is 25.2 Å². The van der Waals surface area contributed by atoms with Crippen molar-refractivity contribution in [2.75, 3.05) is 30.4 Å². The van der Waals surface area contributed by atoms with Crippen LogP contribution >= 0.6 is 11.3 Å². The second-order valence-corrected chi connectivity index (χ2v) is 6.97. The van der Waals surface area contributed by atoms with Crippen LogP contribution in [-0.2, 0) is 4.79 Å². The van der Waals surface area contributed by atoms with E-state index in [0.29, 0.717) is 23.1 Å². The molecule has 0 aliphatic rings. The van der Waals surface area contributed by atoms with E-state index >= 15 is 0 Å². The van der Waals surface area contributed by atoms with Crippen LogP contribution in [0.4, 0.5) is 15.6 Å². The number of fused-ring (bicyclic) bond motifs is 1. The van der Waals surface area contributed by atoms with Crippen LogP contribution in [0.1, 0.15) is 13.3 Å². The summed E-state index contributed by atoms with van der Waals surface area (Å²) in [5, 5.41) is 6.10. The number of carbonyl (C=O) groups is 2. The average Bonchev–Trinajstić information content (AvgIpc) is 3.12. The molecule has 0 atom stereocenters. The van der Waals surface area contributed by atoms with E-state index in [0.717, 1.165) is 10.2 Å². The Balaban J connectivity index is 1.51. The molecule has 7 nitrogen and oxygen atoms in total. The zero-order valence-corrected chi connectivity index (χ0v) is 16.6. The van der Waals surface area contributed by atoms with E-state index in [4.69, 9.17) is 4.74 Å².